The molecule has 0 aliphatic rings. The number of hydrogen-bond donors (Lipinski definition) is 1. The number of amides is 1. The lowest BCUT2D eigenvalue weighted by atomic mass is 10.1. The average molecular weight is 376 g/mol. The van der Waals surface area contributed by atoms with Gasteiger partial charge in [-0.15, -0.1) is 0 Å². The van der Waals surface area contributed by atoms with E-state index in [1.165, 1.54) is 24.3 Å². The van der Waals surface area contributed by atoms with Gasteiger partial charge in [0.15, 0.2) is 0 Å². The number of benzene rings is 2. The summed E-state index contributed by atoms with van der Waals surface area (Å²) in [6, 6.07) is 13.1. The predicted molar refractivity (Wildman–Crippen MR) is 98.0 cm³/mol. The van der Waals surface area contributed by atoms with Crippen molar-refractivity contribution < 1.29 is 18.1 Å². The monoisotopic (exact) mass is 376 g/mol. The first-order valence-electron chi connectivity index (χ1n) is 8.07. The van der Waals surface area contributed by atoms with Crippen LogP contribution in [0.25, 0.3) is 0 Å². The highest BCUT2D eigenvalue weighted by Gasteiger charge is 2.16. The molecule has 2 rings (SSSR count). The largest absolute Gasteiger partial charge is 0.274 e. The van der Waals surface area contributed by atoms with E-state index in [1.54, 1.807) is 0 Å². The molecule has 0 saturated carbocycles. The highest BCUT2D eigenvalue weighted by molar-refractivity contribution is 7.89. The molecule has 2 aromatic carbocycles. The summed E-state index contributed by atoms with van der Waals surface area (Å²) in [5, 5.41) is 10.6. The van der Waals surface area contributed by atoms with Crippen LogP contribution in [0.15, 0.2) is 48.5 Å². The van der Waals surface area contributed by atoms with Crippen molar-refractivity contribution in [1.82, 2.24) is 4.72 Å². The first-order chi connectivity index (χ1) is 12.2. The quantitative estimate of drug-likeness (QED) is 0.563. The van der Waals surface area contributed by atoms with Gasteiger partial charge in [0.1, 0.15) is 0 Å². The second kappa shape index (κ2) is 8.57. The summed E-state index contributed by atoms with van der Waals surface area (Å²) >= 11 is 0. The molecule has 138 valence electrons. The second-order valence-corrected chi connectivity index (χ2v) is 7.77. The van der Waals surface area contributed by atoms with Gasteiger partial charge in [0.05, 0.1) is 10.7 Å². The van der Waals surface area contributed by atoms with Crippen LogP contribution in [0.3, 0.4) is 0 Å². The Morgan fingerprint density at radius 3 is 2.19 bits per heavy atom. The van der Waals surface area contributed by atoms with Crippen LogP contribution in [0.5, 0.6) is 0 Å². The van der Waals surface area contributed by atoms with Gasteiger partial charge in [-0.1, -0.05) is 42.0 Å². The molecule has 0 radical (unpaired) electrons. The Morgan fingerprint density at radius 1 is 1.04 bits per heavy atom. The molecule has 0 bridgehead atoms. The van der Waals surface area contributed by atoms with Crippen LogP contribution in [0.4, 0.5) is 5.69 Å². The number of rotatable bonds is 8. The Morgan fingerprint density at radius 2 is 1.62 bits per heavy atom. The van der Waals surface area contributed by atoms with Crippen molar-refractivity contribution in [3.63, 3.8) is 0 Å². The SMILES string of the molecule is Cc1ccc(CCCC(=O)NS(=O)(=O)Cc2ccc([N+](=O)[O-])cc2)cc1. The lowest BCUT2D eigenvalue weighted by Crippen LogP contribution is -2.31. The fourth-order valence-corrected chi connectivity index (χ4v) is 3.55. The van der Waals surface area contributed by atoms with Crippen LogP contribution in [0.1, 0.15) is 29.5 Å². The van der Waals surface area contributed by atoms with Gasteiger partial charge in [-0.2, -0.15) is 0 Å². The van der Waals surface area contributed by atoms with Gasteiger partial charge in [-0.05, 0) is 30.9 Å². The van der Waals surface area contributed by atoms with Gasteiger partial charge in [-0.3, -0.25) is 19.6 Å². The summed E-state index contributed by atoms with van der Waals surface area (Å²) in [5.74, 6) is -0.964. The maximum absolute atomic E-state index is 12.0. The summed E-state index contributed by atoms with van der Waals surface area (Å²) in [7, 11) is -3.84. The molecule has 0 fully saturated rings. The molecule has 0 atom stereocenters. The van der Waals surface area contributed by atoms with Crippen molar-refractivity contribution in [3.8, 4) is 0 Å². The van der Waals surface area contributed by atoms with E-state index in [4.69, 9.17) is 0 Å². The number of nitro benzene ring substituents is 1. The van der Waals surface area contributed by atoms with Gasteiger partial charge in [0.2, 0.25) is 15.9 Å². The first kappa shape index (κ1) is 19.6. The molecular weight excluding hydrogens is 356 g/mol. The van der Waals surface area contributed by atoms with E-state index >= 15 is 0 Å². The number of nitrogens with one attached hydrogen (secondary N) is 1. The van der Waals surface area contributed by atoms with Crippen LogP contribution in [-0.4, -0.2) is 19.2 Å². The molecule has 0 heterocycles. The number of nitro groups is 1. The molecule has 1 N–H and O–H groups in total. The minimum Gasteiger partial charge on any atom is -0.274 e. The lowest BCUT2D eigenvalue weighted by Gasteiger charge is -2.07. The predicted octanol–water partition coefficient (Wildman–Crippen LogP) is 2.87. The highest BCUT2D eigenvalue weighted by atomic mass is 32.2. The van der Waals surface area contributed by atoms with E-state index < -0.39 is 26.6 Å². The Kier molecular flexibility index (Phi) is 6.46. The van der Waals surface area contributed by atoms with Crippen LogP contribution in [0.2, 0.25) is 0 Å². The normalized spacial score (nSPS) is 11.1. The summed E-state index contributed by atoms with van der Waals surface area (Å²) in [5.41, 5.74) is 2.50. The molecule has 1 amide bonds. The maximum atomic E-state index is 12.0. The Hall–Kier alpha value is -2.74. The van der Waals surface area contributed by atoms with Crippen molar-refractivity contribution in [2.24, 2.45) is 0 Å². The zero-order chi connectivity index (χ0) is 19.2. The molecule has 0 spiro atoms. The molecular formula is C18H20N2O5S. The number of nitrogens with zero attached hydrogens (tertiary/aromatic N) is 1. The number of hydrogen-bond acceptors (Lipinski definition) is 5. The van der Waals surface area contributed by atoms with Crippen molar-refractivity contribution in [1.29, 1.82) is 0 Å². The molecule has 0 aromatic heterocycles. The standard InChI is InChI=1S/C18H20N2O5S/c1-14-5-7-15(8-6-14)3-2-4-18(21)19-26(24,25)13-16-9-11-17(12-10-16)20(22)23/h5-12H,2-4,13H2,1H3,(H,19,21). The fraction of sp³-hybridized carbons (Fsp3) is 0.278. The van der Waals surface area contributed by atoms with Crippen LogP contribution >= 0.6 is 0 Å². The first-order valence-corrected chi connectivity index (χ1v) is 9.72. The Labute approximate surface area is 152 Å². The van der Waals surface area contributed by atoms with E-state index in [2.05, 4.69) is 0 Å². The van der Waals surface area contributed by atoms with E-state index in [9.17, 15) is 23.3 Å². The van der Waals surface area contributed by atoms with Crippen LogP contribution in [0, 0.1) is 17.0 Å². The zero-order valence-corrected chi connectivity index (χ0v) is 15.2. The number of carbonyl (C=O) groups is 1. The molecule has 0 aliphatic carbocycles. The minimum absolute atomic E-state index is 0.105. The van der Waals surface area contributed by atoms with E-state index in [0.717, 1.165) is 11.1 Å². The van der Waals surface area contributed by atoms with E-state index in [1.807, 2.05) is 35.9 Å². The minimum atomic E-state index is -3.84. The van der Waals surface area contributed by atoms with E-state index in [0.29, 0.717) is 18.4 Å². The van der Waals surface area contributed by atoms with Gasteiger partial charge in [0.25, 0.3) is 5.69 Å². The average Bonchev–Trinajstić information content (AvgIpc) is 2.56. The summed E-state index contributed by atoms with van der Waals surface area (Å²) in [4.78, 5) is 21.9. The number of carbonyl (C=O) groups excluding carboxylic acids is 1. The molecule has 0 saturated heterocycles. The van der Waals surface area contributed by atoms with Crippen molar-refractivity contribution >= 4 is 21.6 Å². The van der Waals surface area contributed by atoms with Crippen molar-refractivity contribution in [2.45, 2.75) is 31.9 Å². The number of sulfonamides is 1. The molecule has 7 nitrogen and oxygen atoms in total. The summed E-state index contributed by atoms with van der Waals surface area (Å²) in [6.07, 6.45) is 1.34. The highest BCUT2D eigenvalue weighted by Crippen LogP contribution is 2.14. The van der Waals surface area contributed by atoms with Crippen molar-refractivity contribution in [2.75, 3.05) is 0 Å². The molecule has 8 heteroatoms. The summed E-state index contributed by atoms with van der Waals surface area (Å²) in [6.45, 7) is 1.99. The Balaban J connectivity index is 1.82. The fourth-order valence-electron chi connectivity index (χ4n) is 2.40. The van der Waals surface area contributed by atoms with Gasteiger partial charge < -0.3 is 0 Å². The molecule has 0 aliphatic heterocycles. The zero-order valence-electron chi connectivity index (χ0n) is 14.3. The topological polar surface area (TPSA) is 106 Å². The van der Waals surface area contributed by atoms with E-state index in [-0.39, 0.29) is 12.1 Å². The smallest absolute Gasteiger partial charge is 0.269 e. The van der Waals surface area contributed by atoms with Crippen molar-refractivity contribution in [3.05, 3.63) is 75.3 Å². The third kappa shape index (κ3) is 6.29. The molecule has 26 heavy (non-hydrogen) atoms. The number of non-ortho nitro benzene ring substituents is 1. The maximum Gasteiger partial charge on any atom is 0.269 e. The molecule has 2 aromatic rings. The van der Waals surface area contributed by atoms with Gasteiger partial charge in [0, 0.05) is 18.6 Å². The number of aryl methyl sites for hydroxylation is 2. The third-order valence-corrected chi connectivity index (χ3v) is 5.02. The second-order valence-electron chi connectivity index (χ2n) is 6.05. The van der Waals surface area contributed by atoms with Gasteiger partial charge in [-0.25, -0.2) is 8.42 Å². The van der Waals surface area contributed by atoms with Crippen LogP contribution < -0.4 is 4.72 Å². The molecule has 0 unspecified atom stereocenters. The Bertz CT molecular complexity index is 875. The lowest BCUT2D eigenvalue weighted by molar-refractivity contribution is -0.384. The third-order valence-electron chi connectivity index (χ3n) is 3.76. The van der Waals surface area contributed by atoms with Crippen LogP contribution in [-0.2, 0) is 27.0 Å². The van der Waals surface area contributed by atoms with Gasteiger partial charge >= 0.3 is 0 Å². The summed E-state index contributed by atoms with van der Waals surface area (Å²) < 4.78 is 26.1.